The van der Waals surface area contributed by atoms with Crippen LogP contribution in [0.5, 0.6) is 0 Å². The molecule has 0 aliphatic heterocycles. The number of nitriles is 1. The highest BCUT2D eigenvalue weighted by molar-refractivity contribution is 9.10. The molecule has 0 aliphatic carbocycles. The summed E-state index contributed by atoms with van der Waals surface area (Å²) in [5.41, 5.74) is 2.19. The third-order valence-electron chi connectivity index (χ3n) is 3.01. The summed E-state index contributed by atoms with van der Waals surface area (Å²) in [6.45, 7) is 6.62. The molecule has 20 heavy (non-hydrogen) atoms. The van der Waals surface area contributed by atoms with E-state index < -0.39 is 0 Å². The molecule has 0 bridgehead atoms. The summed E-state index contributed by atoms with van der Waals surface area (Å²) in [5.74, 6) is 0. The van der Waals surface area contributed by atoms with Gasteiger partial charge >= 0.3 is 0 Å². The van der Waals surface area contributed by atoms with Crippen LogP contribution in [-0.2, 0) is 5.41 Å². The van der Waals surface area contributed by atoms with Crippen LogP contribution in [0.2, 0.25) is 0 Å². The van der Waals surface area contributed by atoms with Crippen molar-refractivity contribution in [1.82, 2.24) is 0 Å². The molecule has 0 heterocycles. The molecule has 0 unspecified atom stereocenters. The van der Waals surface area contributed by atoms with Crippen LogP contribution in [0.25, 0.3) is 0 Å². The molecule has 2 aromatic rings. The maximum absolute atomic E-state index is 9.16. The van der Waals surface area contributed by atoms with Gasteiger partial charge in [0.15, 0.2) is 0 Å². The SMILES string of the molecule is CC(C)(C)c1ccc(Sc2cc(Br)ccc2C#N)cc1. The van der Waals surface area contributed by atoms with Gasteiger partial charge in [-0.2, -0.15) is 5.26 Å². The molecule has 3 heteroatoms. The van der Waals surface area contributed by atoms with Crippen molar-refractivity contribution in [3.05, 3.63) is 58.1 Å². The van der Waals surface area contributed by atoms with E-state index in [1.54, 1.807) is 11.8 Å². The zero-order valence-corrected chi connectivity index (χ0v) is 14.2. The van der Waals surface area contributed by atoms with Crippen LogP contribution in [0.4, 0.5) is 0 Å². The Labute approximate surface area is 133 Å². The normalized spacial score (nSPS) is 11.2. The Morgan fingerprint density at radius 3 is 2.25 bits per heavy atom. The monoisotopic (exact) mass is 345 g/mol. The Morgan fingerprint density at radius 2 is 1.70 bits per heavy atom. The second kappa shape index (κ2) is 6.03. The van der Waals surface area contributed by atoms with Crippen molar-refractivity contribution in [2.45, 2.75) is 36.0 Å². The third kappa shape index (κ3) is 3.65. The number of rotatable bonds is 2. The van der Waals surface area contributed by atoms with Gasteiger partial charge in [0.2, 0.25) is 0 Å². The lowest BCUT2D eigenvalue weighted by Crippen LogP contribution is -2.10. The van der Waals surface area contributed by atoms with Crippen molar-refractivity contribution in [2.75, 3.05) is 0 Å². The average Bonchev–Trinajstić information content (AvgIpc) is 2.38. The average molecular weight is 346 g/mol. The predicted octanol–water partition coefficient (Wildman–Crippen LogP) is 5.77. The van der Waals surface area contributed by atoms with Crippen LogP contribution in [-0.4, -0.2) is 0 Å². The van der Waals surface area contributed by atoms with E-state index in [2.05, 4.69) is 67.0 Å². The molecule has 1 nitrogen and oxygen atoms in total. The minimum atomic E-state index is 0.163. The first-order valence-corrected chi connectivity index (χ1v) is 7.99. The molecule has 0 saturated carbocycles. The molecule has 0 aliphatic rings. The standard InChI is InChI=1S/C17H16BrNS/c1-17(2,3)13-5-8-15(9-6-13)20-16-10-14(18)7-4-12(16)11-19/h4-10H,1-3H3. The van der Waals surface area contributed by atoms with E-state index in [1.807, 2.05) is 18.2 Å². The fraction of sp³-hybridized carbons (Fsp3) is 0.235. The molecule has 0 radical (unpaired) electrons. The van der Waals surface area contributed by atoms with Gasteiger partial charge in [-0.05, 0) is 41.3 Å². The molecule has 2 aromatic carbocycles. The van der Waals surface area contributed by atoms with E-state index in [9.17, 15) is 0 Å². The lowest BCUT2D eigenvalue weighted by molar-refractivity contribution is 0.590. The van der Waals surface area contributed by atoms with Crippen molar-refractivity contribution in [1.29, 1.82) is 5.26 Å². The van der Waals surface area contributed by atoms with Gasteiger partial charge in [-0.3, -0.25) is 0 Å². The summed E-state index contributed by atoms with van der Waals surface area (Å²) in [6, 6.07) is 16.5. The van der Waals surface area contributed by atoms with Crippen molar-refractivity contribution < 1.29 is 0 Å². The maximum Gasteiger partial charge on any atom is 0.100 e. The van der Waals surface area contributed by atoms with Crippen LogP contribution in [0.3, 0.4) is 0 Å². The van der Waals surface area contributed by atoms with Crippen molar-refractivity contribution in [3.63, 3.8) is 0 Å². The minimum absolute atomic E-state index is 0.163. The Hall–Kier alpha value is -1.24. The van der Waals surface area contributed by atoms with E-state index in [0.29, 0.717) is 5.56 Å². The van der Waals surface area contributed by atoms with Crippen LogP contribution in [0, 0.1) is 11.3 Å². The summed E-state index contributed by atoms with van der Waals surface area (Å²) in [4.78, 5) is 2.12. The Balaban J connectivity index is 2.27. The lowest BCUT2D eigenvalue weighted by Gasteiger charge is -2.19. The van der Waals surface area contributed by atoms with Gasteiger partial charge in [-0.1, -0.05) is 60.6 Å². The maximum atomic E-state index is 9.16. The highest BCUT2D eigenvalue weighted by Gasteiger charge is 2.13. The molecular weight excluding hydrogens is 330 g/mol. The second-order valence-electron chi connectivity index (χ2n) is 5.63. The van der Waals surface area contributed by atoms with Gasteiger partial charge in [-0.25, -0.2) is 0 Å². The minimum Gasteiger partial charge on any atom is -0.192 e. The third-order valence-corrected chi connectivity index (χ3v) is 4.57. The number of nitrogens with zero attached hydrogens (tertiary/aromatic N) is 1. The molecule has 0 spiro atoms. The Morgan fingerprint density at radius 1 is 1.05 bits per heavy atom. The van der Waals surface area contributed by atoms with Gasteiger partial charge in [-0.15, -0.1) is 0 Å². The van der Waals surface area contributed by atoms with E-state index in [4.69, 9.17) is 5.26 Å². The van der Waals surface area contributed by atoms with Crippen LogP contribution < -0.4 is 0 Å². The van der Waals surface area contributed by atoms with Gasteiger partial charge in [0, 0.05) is 14.3 Å². The summed E-state index contributed by atoms with van der Waals surface area (Å²) in [5, 5.41) is 9.16. The van der Waals surface area contributed by atoms with E-state index >= 15 is 0 Å². The fourth-order valence-corrected chi connectivity index (χ4v) is 3.27. The molecule has 0 aromatic heterocycles. The van der Waals surface area contributed by atoms with Crippen LogP contribution in [0.15, 0.2) is 56.7 Å². The second-order valence-corrected chi connectivity index (χ2v) is 7.66. The topological polar surface area (TPSA) is 23.8 Å². The molecule has 0 N–H and O–H groups in total. The number of benzene rings is 2. The predicted molar refractivity (Wildman–Crippen MR) is 88.1 cm³/mol. The highest BCUT2D eigenvalue weighted by Crippen LogP contribution is 2.33. The Kier molecular flexibility index (Phi) is 4.57. The molecular formula is C17H16BrNS. The molecule has 102 valence electrons. The van der Waals surface area contributed by atoms with Gasteiger partial charge in [0.25, 0.3) is 0 Å². The first-order chi connectivity index (χ1) is 9.40. The number of hydrogen-bond acceptors (Lipinski definition) is 2. The first kappa shape index (κ1) is 15.2. The van der Waals surface area contributed by atoms with Gasteiger partial charge in [0.1, 0.15) is 6.07 Å². The highest BCUT2D eigenvalue weighted by atomic mass is 79.9. The molecule has 2 rings (SSSR count). The summed E-state index contributed by atoms with van der Waals surface area (Å²) in [7, 11) is 0. The van der Waals surface area contributed by atoms with Crippen LogP contribution in [0.1, 0.15) is 31.9 Å². The van der Waals surface area contributed by atoms with Gasteiger partial charge < -0.3 is 0 Å². The molecule has 0 amide bonds. The summed E-state index contributed by atoms with van der Waals surface area (Å²) in [6.07, 6.45) is 0. The fourth-order valence-electron chi connectivity index (χ4n) is 1.82. The summed E-state index contributed by atoms with van der Waals surface area (Å²) >= 11 is 5.07. The summed E-state index contributed by atoms with van der Waals surface area (Å²) < 4.78 is 0.991. The van der Waals surface area contributed by atoms with Crippen LogP contribution >= 0.6 is 27.7 Å². The smallest absolute Gasteiger partial charge is 0.100 e. The van der Waals surface area contributed by atoms with E-state index in [-0.39, 0.29) is 5.41 Å². The largest absolute Gasteiger partial charge is 0.192 e. The zero-order chi connectivity index (χ0) is 14.8. The molecule has 0 fully saturated rings. The van der Waals surface area contributed by atoms with Crippen molar-refractivity contribution in [3.8, 4) is 6.07 Å². The van der Waals surface area contributed by atoms with Crippen molar-refractivity contribution in [2.24, 2.45) is 0 Å². The van der Waals surface area contributed by atoms with Gasteiger partial charge in [0.05, 0.1) is 5.56 Å². The lowest BCUT2D eigenvalue weighted by atomic mass is 9.87. The van der Waals surface area contributed by atoms with E-state index in [1.165, 1.54) is 5.56 Å². The van der Waals surface area contributed by atoms with Crippen molar-refractivity contribution >= 4 is 27.7 Å². The van der Waals surface area contributed by atoms with E-state index in [0.717, 1.165) is 14.3 Å². The quantitative estimate of drug-likeness (QED) is 0.689. The molecule has 0 saturated heterocycles. The number of halogens is 1. The number of hydrogen-bond donors (Lipinski definition) is 0. The molecule has 0 atom stereocenters. The Bertz CT molecular complexity index is 648. The zero-order valence-electron chi connectivity index (χ0n) is 11.8. The first-order valence-electron chi connectivity index (χ1n) is 6.38.